The number of rotatable bonds is 4. The number of nitrogen functional groups attached to an aromatic ring is 2. The minimum absolute atomic E-state index is 0.155. The van der Waals surface area contributed by atoms with Gasteiger partial charge in [0.1, 0.15) is 5.82 Å². The number of hydrogen-bond acceptors (Lipinski definition) is 6. The second kappa shape index (κ2) is 6.68. The second-order valence-electron chi connectivity index (χ2n) is 4.55. The highest BCUT2D eigenvalue weighted by Crippen LogP contribution is 2.31. The molecule has 1 heterocycles. The van der Waals surface area contributed by atoms with Crippen molar-refractivity contribution in [2.24, 2.45) is 0 Å². The van der Waals surface area contributed by atoms with E-state index in [1.54, 1.807) is 27.3 Å². The predicted molar refractivity (Wildman–Crippen MR) is 85.8 cm³/mol. The van der Waals surface area contributed by atoms with E-state index in [9.17, 15) is 0 Å². The Kier molecular flexibility index (Phi) is 4.69. The lowest BCUT2D eigenvalue weighted by Crippen LogP contribution is -2.05. The summed E-state index contributed by atoms with van der Waals surface area (Å²) in [5, 5.41) is 0. The molecule has 2 rings (SSSR count). The molecule has 4 N–H and O–H groups in total. The van der Waals surface area contributed by atoms with Crippen LogP contribution in [0.4, 0.5) is 11.8 Å². The minimum Gasteiger partial charge on any atom is -0.493 e. The molecule has 0 saturated carbocycles. The summed E-state index contributed by atoms with van der Waals surface area (Å²) >= 11 is 0. The number of methoxy groups -OCH3 is 2. The molecule has 0 spiro atoms. The second-order valence-corrected chi connectivity index (χ2v) is 4.55. The van der Waals surface area contributed by atoms with Crippen molar-refractivity contribution in [3.05, 3.63) is 35.0 Å². The summed E-state index contributed by atoms with van der Waals surface area (Å²) in [5.41, 5.74) is 14.0. The van der Waals surface area contributed by atoms with Crippen LogP contribution >= 0.6 is 0 Å². The lowest BCUT2D eigenvalue weighted by molar-refractivity contribution is 0.354. The third-order valence-electron chi connectivity index (χ3n) is 3.17. The molecule has 0 unspecified atom stereocenters. The van der Waals surface area contributed by atoms with Crippen LogP contribution in [0, 0.1) is 11.8 Å². The zero-order valence-corrected chi connectivity index (χ0v) is 12.8. The Balaban J connectivity index is 2.49. The van der Waals surface area contributed by atoms with E-state index in [1.165, 1.54) is 0 Å². The number of ether oxygens (including phenoxy) is 2. The van der Waals surface area contributed by atoms with Crippen molar-refractivity contribution in [3.8, 4) is 23.3 Å². The van der Waals surface area contributed by atoms with E-state index in [4.69, 9.17) is 20.9 Å². The molecule has 6 nitrogen and oxygen atoms in total. The Morgan fingerprint density at radius 2 is 1.77 bits per heavy atom. The molecule has 114 valence electrons. The van der Waals surface area contributed by atoms with Crippen molar-refractivity contribution in [1.29, 1.82) is 0 Å². The number of aromatic nitrogens is 2. The quantitative estimate of drug-likeness (QED) is 0.833. The van der Waals surface area contributed by atoms with E-state index in [0.29, 0.717) is 23.7 Å². The average molecular weight is 298 g/mol. The van der Waals surface area contributed by atoms with Crippen LogP contribution in [0.2, 0.25) is 0 Å². The average Bonchev–Trinajstić information content (AvgIpc) is 2.51. The van der Waals surface area contributed by atoms with Gasteiger partial charge < -0.3 is 20.9 Å². The van der Waals surface area contributed by atoms with E-state index < -0.39 is 0 Å². The maximum atomic E-state index is 5.90. The third kappa shape index (κ3) is 3.20. The number of nitrogens with zero attached hydrogens (tertiary/aromatic N) is 2. The van der Waals surface area contributed by atoms with Gasteiger partial charge in [-0.2, -0.15) is 4.98 Å². The van der Waals surface area contributed by atoms with E-state index in [1.807, 2.05) is 12.1 Å². The van der Waals surface area contributed by atoms with Gasteiger partial charge in [0.25, 0.3) is 0 Å². The zero-order chi connectivity index (χ0) is 16.1. The summed E-state index contributed by atoms with van der Waals surface area (Å²) < 4.78 is 10.7. The Hall–Kier alpha value is -2.94. The molecular weight excluding hydrogens is 280 g/mol. The molecular formula is C16H18N4O2. The van der Waals surface area contributed by atoms with E-state index in [0.717, 1.165) is 16.7 Å². The van der Waals surface area contributed by atoms with Crippen molar-refractivity contribution in [2.75, 3.05) is 25.7 Å². The first-order valence-corrected chi connectivity index (χ1v) is 6.63. The van der Waals surface area contributed by atoms with Gasteiger partial charge in [-0.3, -0.25) is 0 Å². The normalized spacial score (nSPS) is 9.77. The third-order valence-corrected chi connectivity index (χ3v) is 3.17. The van der Waals surface area contributed by atoms with Crippen molar-refractivity contribution in [3.63, 3.8) is 0 Å². The molecule has 0 fully saturated rings. The fraction of sp³-hybridized carbons (Fsp3) is 0.250. The molecule has 0 bridgehead atoms. The van der Waals surface area contributed by atoms with Gasteiger partial charge in [-0.1, -0.05) is 5.92 Å². The topological polar surface area (TPSA) is 96.3 Å². The molecule has 0 aliphatic heterocycles. The molecule has 6 heteroatoms. The Morgan fingerprint density at radius 3 is 2.36 bits per heavy atom. The fourth-order valence-electron chi connectivity index (χ4n) is 2.09. The first kappa shape index (κ1) is 15.4. The van der Waals surface area contributed by atoms with Crippen LogP contribution in [0.25, 0.3) is 0 Å². The Bertz CT molecular complexity index is 748. The smallest absolute Gasteiger partial charge is 0.221 e. The summed E-state index contributed by atoms with van der Waals surface area (Å²) in [6.45, 7) is 1.78. The molecule has 0 radical (unpaired) electrons. The summed E-state index contributed by atoms with van der Waals surface area (Å²) in [6.07, 6.45) is 2.15. The van der Waals surface area contributed by atoms with Gasteiger partial charge in [-0.15, -0.1) is 5.92 Å². The van der Waals surface area contributed by atoms with Crippen molar-refractivity contribution < 1.29 is 9.47 Å². The molecule has 1 aromatic heterocycles. The molecule has 1 aromatic carbocycles. The summed E-state index contributed by atoms with van der Waals surface area (Å²) in [5.74, 6) is 7.73. The minimum atomic E-state index is 0.155. The molecule has 0 amide bonds. The lowest BCUT2D eigenvalue weighted by Gasteiger charge is -2.13. The van der Waals surface area contributed by atoms with Gasteiger partial charge in [0.2, 0.25) is 5.95 Å². The maximum Gasteiger partial charge on any atom is 0.221 e. The summed E-state index contributed by atoms with van der Waals surface area (Å²) in [6, 6.07) is 3.73. The van der Waals surface area contributed by atoms with Crippen LogP contribution < -0.4 is 20.9 Å². The highest BCUT2D eigenvalue weighted by atomic mass is 16.5. The van der Waals surface area contributed by atoms with Crippen molar-refractivity contribution >= 4 is 11.8 Å². The SMILES string of the molecule is CC#Cc1cc(OC)c(OC)cc1Cc1cnc(N)nc1N. The maximum absolute atomic E-state index is 5.90. The van der Waals surface area contributed by atoms with Crippen LogP contribution in [0.15, 0.2) is 18.3 Å². The van der Waals surface area contributed by atoms with E-state index >= 15 is 0 Å². The molecule has 0 aliphatic rings. The Labute approximate surface area is 129 Å². The highest BCUT2D eigenvalue weighted by Gasteiger charge is 2.12. The highest BCUT2D eigenvalue weighted by molar-refractivity contribution is 5.55. The zero-order valence-electron chi connectivity index (χ0n) is 12.8. The lowest BCUT2D eigenvalue weighted by atomic mass is 10.00. The van der Waals surface area contributed by atoms with Crippen molar-refractivity contribution in [1.82, 2.24) is 9.97 Å². The van der Waals surface area contributed by atoms with E-state index in [-0.39, 0.29) is 5.95 Å². The first-order chi connectivity index (χ1) is 10.6. The van der Waals surface area contributed by atoms with Crippen LogP contribution in [0.5, 0.6) is 11.5 Å². The van der Waals surface area contributed by atoms with Gasteiger partial charge in [0, 0.05) is 23.7 Å². The summed E-state index contributed by atoms with van der Waals surface area (Å²) in [4.78, 5) is 7.96. The van der Waals surface area contributed by atoms with Crippen LogP contribution in [0.1, 0.15) is 23.6 Å². The number of anilines is 2. The Morgan fingerprint density at radius 1 is 1.09 bits per heavy atom. The van der Waals surface area contributed by atoms with Gasteiger partial charge in [0.05, 0.1) is 14.2 Å². The number of benzene rings is 1. The van der Waals surface area contributed by atoms with Crippen LogP contribution in [-0.2, 0) is 6.42 Å². The van der Waals surface area contributed by atoms with Gasteiger partial charge in [-0.25, -0.2) is 4.98 Å². The molecule has 0 aliphatic carbocycles. The predicted octanol–water partition coefficient (Wildman–Crippen LogP) is 1.62. The number of nitrogens with two attached hydrogens (primary N) is 2. The molecule has 0 atom stereocenters. The van der Waals surface area contributed by atoms with Gasteiger partial charge >= 0.3 is 0 Å². The standard InChI is InChI=1S/C16H18N4O2/c1-4-5-10-7-13(21-2)14(22-3)8-11(10)6-12-9-19-16(18)20-15(12)17/h7-9H,6H2,1-3H3,(H4,17,18,19,20). The molecule has 0 saturated heterocycles. The van der Waals surface area contributed by atoms with Crippen molar-refractivity contribution in [2.45, 2.75) is 13.3 Å². The van der Waals surface area contributed by atoms with Gasteiger partial charge in [-0.05, 0) is 24.6 Å². The van der Waals surface area contributed by atoms with Crippen LogP contribution in [0.3, 0.4) is 0 Å². The molecule has 2 aromatic rings. The summed E-state index contributed by atoms with van der Waals surface area (Å²) in [7, 11) is 3.18. The van der Waals surface area contributed by atoms with Gasteiger partial charge in [0.15, 0.2) is 11.5 Å². The molecule has 22 heavy (non-hydrogen) atoms. The largest absolute Gasteiger partial charge is 0.493 e. The number of hydrogen-bond donors (Lipinski definition) is 2. The van der Waals surface area contributed by atoms with E-state index in [2.05, 4.69) is 21.8 Å². The fourth-order valence-corrected chi connectivity index (χ4v) is 2.09. The van der Waals surface area contributed by atoms with Crippen LogP contribution in [-0.4, -0.2) is 24.2 Å². The first-order valence-electron chi connectivity index (χ1n) is 6.63. The monoisotopic (exact) mass is 298 g/mol.